The van der Waals surface area contributed by atoms with Gasteiger partial charge in [-0.1, -0.05) is 47.1 Å². The summed E-state index contributed by atoms with van der Waals surface area (Å²) in [6, 6.07) is 17.2. The molecule has 0 aliphatic carbocycles. The minimum atomic E-state index is -0.669. The Hall–Kier alpha value is -4.12. The smallest absolute Gasteiger partial charge is 0.246 e. The van der Waals surface area contributed by atoms with Crippen LogP contribution < -0.4 is 15.5 Å². The van der Waals surface area contributed by atoms with Crippen LogP contribution >= 0.6 is 11.6 Å². The van der Waals surface area contributed by atoms with Gasteiger partial charge in [0.15, 0.2) is 11.5 Å². The molecule has 1 amide bonds. The average molecular weight is 589 g/mol. The van der Waals surface area contributed by atoms with Gasteiger partial charge < -0.3 is 20.3 Å². The molecule has 9 nitrogen and oxygen atoms in total. The molecular weight excluding hydrogens is 559 g/mol. The number of halogens is 2. The van der Waals surface area contributed by atoms with Crippen molar-refractivity contribution in [2.45, 2.75) is 31.4 Å². The van der Waals surface area contributed by atoms with Crippen molar-refractivity contribution in [3.8, 4) is 5.69 Å². The van der Waals surface area contributed by atoms with Gasteiger partial charge in [-0.3, -0.25) is 9.59 Å². The number of methoxy groups -OCH3 is 1. The van der Waals surface area contributed by atoms with Gasteiger partial charge in [-0.15, -0.1) is 5.10 Å². The summed E-state index contributed by atoms with van der Waals surface area (Å²) in [5, 5.41) is 14.2. The van der Waals surface area contributed by atoms with Crippen LogP contribution in [-0.2, 0) is 16.0 Å². The third kappa shape index (κ3) is 5.53. The third-order valence-electron chi connectivity index (χ3n) is 7.92. The molecule has 2 N–H and O–H groups in total. The summed E-state index contributed by atoms with van der Waals surface area (Å²) in [5.41, 5.74) is 3.61. The van der Waals surface area contributed by atoms with E-state index < -0.39 is 17.6 Å². The number of nitrogens with zero attached hydrogens (tertiary/aromatic N) is 4. The van der Waals surface area contributed by atoms with Crippen LogP contribution in [0.15, 0.2) is 66.9 Å². The molecule has 1 fully saturated rings. The first-order valence-corrected chi connectivity index (χ1v) is 14.3. The van der Waals surface area contributed by atoms with Crippen LogP contribution in [0.2, 0.25) is 5.02 Å². The molecule has 2 aliphatic rings. The van der Waals surface area contributed by atoms with Gasteiger partial charge in [-0.25, -0.2) is 9.07 Å². The van der Waals surface area contributed by atoms with Gasteiger partial charge in [0.1, 0.15) is 11.7 Å². The zero-order valence-corrected chi connectivity index (χ0v) is 23.8. The Kier molecular flexibility index (Phi) is 8.01. The number of anilines is 2. The highest BCUT2D eigenvalue weighted by atomic mass is 35.5. The zero-order valence-electron chi connectivity index (χ0n) is 23.0. The van der Waals surface area contributed by atoms with Gasteiger partial charge in [-0.05, 0) is 60.7 Å². The highest BCUT2D eigenvalue weighted by Gasteiger charge is 2.28. The van der Waals surface area contributed by atoms with Crippen LogP contribution in [0, 0.1) is 5.82 Å². The summed E-state index contributed by atoms with van der Waals surface area (Å²) in [6.45, 7) is 2.24. The van der Waals surface area contributed by atoms with Gasteiger partial charge in [-0.2, -0.15) is 0 Å². The number of ether oxygens (including phenoxy) is 1. The van der Waals surface area contributed by atoms with Crippen LogP contribution in [0.25, 0.3) is 5.69 Å². The van der Waals surface area contributed by atoms with Gasteiger partial charge in [0, 0.05) is 38.0 Å². The Balaban J connectivity index is 1.33. The van der Waals surface area contributed by atoms with Crippen LogP contribution in [0.5, 0.6) is 0 Å². The molecule has 3 heterocycles. The average Bonchev–Trinajstić information content (AvgIpc) is 3.52. The van der Waals surface area contributed by atoms with Crippen LogP contribution in [-0.4, -0.2) is 59.5 Å². The Morgan fingerprint density at radius 1 is 1.10 bits per heavy atom. The molecule has 42 heavy (non-hydrogen) atoms. The molecule has 0 radical (unpaired) electrons. The summed E-state index contributed by atoms with van der Waals surface area (Å²) >= 11 is 5.93. The molecule has 1 aromatic heterocycles. The summed E-state index contributed by atoms with van der Waals surface area (Å²) in [4.78, 5) is 29.6. The second kappa shape index (κ2) is 12.0. The summed E-state index contributed by atoms with van der Waals surface area (Å²) in [6.07, 6.45) is 4.16. The van der Waals surface area contributed by atoms with E-state index in [9.17, 15) is 14.0 Å². The fraction of sp³-hybridized carbons (Fsp3) is 0.290. The predicted octanol–water partition coefficient (Wildman–Crippen LogP) is 4.73. The van der Waals surface area contributed by atoms with E-state index in [2.05, 4.69) is 25.8 Å². The lowest BCUT2D eigenvalue weighted by molar-refractivity contribution is -0.118. The SMILES string of the molecule is COC1CCN(c2ccc(C(=O)c3cn(-c4cccc(Cl)c4F)nn3)c(NC(=O)C3NCCc4ccccc43)c2)CC1. The van der Waals surface area contributed by atoms with Crippen LogP contribution in [0.3, 0.4) is 0 Å². The van der Waals surface area contributed by atoms with Gasteiger partial charge in [0.25, 0.3) is 0 Å². The standard InChI is InChI=1S/C31H30ClFN6O3/c1-42-21-12-15-38(16-13-21)20-9-10-23(30(40)26-18-39(37-36-26)27-8-4-7-24(32)28(27)33)25(17-20)35-31(41)29-22-6-3-2-5-19(22)11-14-34-29/h2-10,17-18,21,29,34H,11-16H2,1H3,(H,35,41). The molecule has 1 unspecified atom stereocenters. The maximum absolute atomic E-state index is 14.6. The van der Waals surface area contributed by atoms with Crippen molar-refractivity contribution in [2.24, 2.45) is 0 Å². The second-order valence-electron chi connectivity index (χ2n) is 10.4. The number of ketones is 1. The number of nitrogens with one attached hydrogen (secondary N) is 2. The van der Waals surface area contributed by atoms with E-state index in [0.29, 0.717) is 12.2 Å². The molecule has 0 bridgehead atoms. The molecule has 216 valence electrons. The minimum Gasteiger partial charge on any atom is -0.381 e. The number of aromatic nitrogens is 3. The van der Waals surface area contributed by atoms with Crippen molar-refractivity contribution >= 4 is 34.7 Å². The van der Waals surface area contributed by atoms with E-state index >= 15 is 0 Å². The normalized spacial score (nSPS) is 17.1. The number of fused-ring (bicyclic) bond motifs is 1. The maximum atomic E-state index is 14.6. The van der Waals surface area contributed by atoms with E-state index in [-0.39, 0.29) is 34.0 Å². The van der Waals surface area contributed by atoms with Gasteiger partial charge >= 0.3 is 0 Å². The fourth-order valence-corrected chi connectivity index (χ4v) is 5.79. The molecule has 1 saturated heterocycles. The summed E-state index contributed by atoms with van der Waals surface area (Å²) < 4.78 is 21.3. The van der Waals surface area contributed by atoms with E-state index in [1.807, 2.05) is 36.4 Å². The lowest BCUT2D eigenvalue weighted by Crippen LogP contribution is -2.38. The molecule has 3 aromatic carbocycles. The third-order valence-corrected chi connectivity index (χ3v) is 8.21. The van der Waals surface area contributed by atoms with Crippen molar-refractivity contribution in [1.82, 2.24) is 20.3 Å². The van der Waals surface area contributed by atoms with Crippen molar-refractivity contribution < 1.29 is 18.7 Å². The number of benzene rings is 3. The van der Waals surface area contributed by atoms with Gasteiger partial charge in [0.2, 0.25) is 11.7 Å². The van der Waals surface area contributed by atoms with Crippen molar-refractivity contribution in [1.29, 1.82) is 0 Å². The molecule has 11 heteroatoms. The Morgan fingerprint density at radius 3 is 2.71 bits per heavy atom. The van der Waals surface area contributed by atoms with E-state index in [4.69, 9.17) is 16.3 Å². The quantitative estimate of drug-likeness (QED) is 0.301. The molecule has 0 spiro atoms. The van der Waals surface area contributed by atoms with Crippen molar-refractivity contribution in [3.63, 3.8) is 0 Å². The van der Waals surface area contributed by atoms with Crippen LogP contribution in [0.4, 0.5) is 15.8 Å². The largest absolute Gasteiger partial charge is 0.381 e. The Labute approximate surface area is 247 Å². The first kappa shape index (κ1) is 28.0. The molecule has 6 rings (SSSR count). The monoisotopic (exact) mass is 588 g/mol. The van der Waals surface area contributed by atoms with E-state index in [1.165, 1.54) is 23.0 Å². The second-order valence-corrected chi connectivity index (χ2v) is 10.8. The first-order valence-electron chi connectivity index (χ1n) is 13.9. The van der Waals surface area contributed by atoms with E-state index in [0.717, 1.165) is 49.2 Å². The Morgan fingerprint density at radius 2 is 1.90 bits per heavy atom. The summed E-state index contributed by atoms with van der Waals surface area (Å²) in [7, 11) is 1.72. The highest BCUT2D eigenvalue weighted by Crippen LogP contribution is 2.31. The molecular formula is C31H30ClFN6O3. The number of hydrogen-bond acceptors (Lipinski definition) is 7. The first-order chi connectivity index (χ1) is 20.4. The number of carbonyl (C=O) groups excluding carboxylic acids is 2. The topological polar surface area (TPSA) is 101 Å². The number of amides is 1. The zero-order chi connectivity index (χ0) is 29.2. The summed E-state index contributed by atoms with van der Waals surface area (Å²) in [5.74, 6) is -1.39. The molecule has 1 atom stereocenters. The fourth-order valence-electron chi connectivity index (χ4n) is 5.62. The highest BCUT2D eigenvalue weighted by molar-refractivity contribution is 6.30. The lowest BCUT2D eigenvalue weighted by atomic mass is 9.93. The molecule has 0 saturated carbocycles. The molecule has 4 aromatic rings. The Bertz CT molecular complexity index is 1630. The van der Waals surface area contributed by atoms with Crippen molar-refractivity contribution in [3.05, 3.63) is 100 Å². The number of hydrogen-bond donors (Lipinski definition) is 2. The number of rotatable bonds is 7. The van der Waals surface area contributed by atoms with Crippen molar-refractivity contribution in [2.75, 3.05) is 37.0 Å². The van der Waals surface area contributed by atoms with E-state index in [1.54, 1.807) is 19.2 Å². The van der Waals surface area contributed by atoms with Gasteiger partial charge in [0.05, 0.1) is 23.0 Å². The lowest BCUT2D eigenvalue weighted by Gasteiger charge is -2.33. The number of carbonyl (C=O) groups is 2. The predicted molar refractivity (Wildman–Crippen MR) is 158 cm³/mol. The number of piperidine rings is 1. The molecule has 2 aliphatic heterocycles. The minimum absolute atomic E-state index is 0.000305. The maximum Gasteiger partial charge on any atom is 0.246 e. The van der Waals surface area contributed by atoms with Crippen LogP contribution in [0.1, 0.15) is 46.1 Å².